The van der Waals surface area contributed by atoms with Crippen LogP contribution in [-0.2, 0) is 6.18 Å². The van der Waals surface area contributed by atoms with Gasteiger partial charge in [-0.15, -0.1) is 0 Å². The van der Waals surface area contributed by atoms with E-state index in [1.54, 1.807) is 0 Å². The maximum atomic E-state index is 13.6. The van der Waals surface area contributed by atoms with Crippen LogP contribution in [0.1, 0.15) is 35.7 Å². The fourth-order valence-corrected chi connectivity index (χ4v) is 2.36. The van der Waals surface area contributed by atoms with Gasteiger partial charge in [-0.2, -0.15) is 13.2 Å². The number of amides is 1. The van der Waals surface area contributed by atoms with Gasteiger partial charge in [-0.3, -0.25) is 4.79 Å². The van der Waals surface area contributed by atoms with Gasteiger partial charge in [0, 0.05) is 12.1 Å². The highest BCUT2D eigenvalue weighted by molar-refractivity contribution is 5.95. The molecule has 0 spiro atoms. The lowest BCUT2D eigenvalue weighted by Gasteiger charge is -2.30. The summed E-state index contributed by atoms with van der Waals surface area (Å²) in [6, 6.07) is 1.61. The Labute approximate surface area is 119 Å². The lowest BCUT2D eigenvalue weighted by atomic mass is 9.99. The number of piperidine rings is 1. The van der Waals surface area contributed by atoms with Gasteiger partial charge < -0.3 is 10.6 Å². The van der Waals surface area contributed by atoms with Crippen molar-refractivity contribution in [3.63, 3.8) is 0 Å². The number of hydrogen-bond donors (Lipinski definition) is 2. The van der Waals surface area contributed by atoms with Gasteiger partial charge in [-0.25, -0.2) is 4.39 Å². The molecule has 1 heterocycles. The second-order valence-corrected chi connectivity index (χ2v) is 5.16. The zero-order valence-electron chi connectivity index (χ0n) is 11.4. The molecule has 0 radical (unpaired) electrons. The van der Waals surface area contributed by atoms with Crippen molar-refractivity contribution >= 4 is 5.91 Å². The van der Waals surface area contributed by atoms with Crippen LogP contribution in [0.4, 0.5) is 17.6 Å². The summed E-state index contributed by atoms with van der Waals surface area (Å²) in [7, 11) is 0. The molecular formula is C14H16F4N2O. The number of hydrogen-bond acceptors (Lipinski definition) is 2. The molecule has 2 atom stereocenters. The van der Waals surface area contributed by atoms with Gasteiger partial charge in [-0.1, -0.05) is 0 Å². The van der Waals surface area contributed by atoms with Crippen molar-refractivity contribution in [3.05, 3.63) is 35.1 Å². The summed E-state index contributed by atoms with van der Waals surface area (Å²) in [5.74, 6) is -1.78. The number of carbonyl (C=O) groups excluding carboxylic acids is 1. The molecule has 1 aromatic carbocycles. The second kappa shape index (κ2) is 6.01. The molecular weight excluding hydrogens is 288 g/mol. The van der Waals surface area contributed by atoms with Gasteiger partial charge in [0.25, 0.3) is 5.91 Å². The quantitative estimate of drug-likeness (QED) is 0.825. The summed E-state index contributed by atoms with van der Waals surface area (Å²) in [5, 5.41) is 5.75. The maximum absolute atomic E-state index is 13.6. The fraction of sp³-hybridized carbons (Fsp3) is 0.500. The molecule has 0 saturated carbocycles. The topological polar surface area (TPSA) is 41.1 Å². The first-order chi connectivity index (χ1) is 9.79. The van der Waals surface area contributed by atoms with E-state index in [9.17, 15) is 22.4 Å². The Hall–Kier alpha value is -1.63. The first-order valence-electron chi connectivity index (χ1n) is 6.70. The van der Waals surface area contributed by atoms with E-state index in [-0.39, 0.29) is 12.1 Å². The van der Waals surface area contributed by atoms with Crippen molar-refractivity contribution < 1.29 is 22.4 Å². The first kappa shape index (κ1) is 15.8. The van der Waals surface area contributed by atoms with Gasteiger partial charge in [0.05, 0.1) is 11.1 Å². The molecule has 0 unspecified atom stereocenters. The van der Waals surface area contributed by atoms with Crippen LogP contribution < -0.4 is 10.6 Å². The van der Waals surface area contributed by atoms with Crippen molar-refractivity contribution in [1.82, 2.24) is 10.6 Å². The van der Waals surface area contributed by atoms with Crippen LogP contribution in [0, 0.1) is 5.82 Å². The van der Waals surface area contributed by atoms with E-state index in [2.05, 4.69) is 10.6 Å². The van der Waals surface area contributed by atoms with Crippen LogP contribution in [0.3, 0.4) is 0 Å². The van der Waals surface area contributed by atoms with Gasteiger partial charge in [-0.05, 0) is 44.5 Å². The highest BCUT2D eigenvalue weighted by Gasteiger charge is 2.32. The van der Waals surface area contributed by atoms with Crippen LogP contribution >= 0.6 is 0 Å². The van der Waals surface area contributed by atoms with E-state index in [0.717, 1.165) is 13.0 Å². The van der Waals surface area contributed by atoms with Gasteiger partial charge in [0.2, 0.25) is 0 Å². The minimum Gasteiger partial charge on any atom is -0.348 e. The number of benzene rings is 1. The minimum atomic E-state index is -4.61. The lowest BCUT2D eigenvalue weighted by Crippen LogP contribution is -2.52. The Morgan fingerprint density at radius 1 is 1.38 bits per heavy atom. The zero-order valence-corrected chi connectivity index (χ0v) is 11.4. The zero-order chi connectivity index (χ0) is 15.6. The number of rotatable bonds is 2. The molecule has 1 aromatic rings. The van der Waals surface area contributed by atoms with Crippen molar-refractivity contribution in [1.29, 1.82) is 0 Å². The van der Waals surface area contributed by atoms with Crippen molar-refractivity contribution in [2.24, 2.45) is 0 Å². The molecule has 1 aliphatic heterocycles. The summed E-state index contributed by atoms with van der Waals surface area (Å²) in [6.07, 6.45) is -3.05. The normalized spacial score (nSPS) is 22.9. The van der Waals surface area contributed by atoms with E-state index >= 15 is 0 Å². The number of carbonyl (C=O) groups is 1. The predicted octanol–water partition coefficient (Wildman–Crippen LogP) is 2.71. The Kier molecular flexibility index (Phi) is 4.51. The predicted molar refractivity (Wildman–Crippen MR) is 69.4 cm³/mol. The molecule has 2 rings (SSSR count). The van der Waals surface area contributed by atoms with Gasteiger partial charge in [0.15, 0.2) is 0 Å². The monoisotopic (exact) mass is 304 g/mol. The molecule has 2 N–H and O–H groups in total. The van der Waals surface area contributed by atoms with Crippen LogP contribution in [0.5, 0.6) is 0 Å². The van der Waals surface area contributed by atoms with E-state index < -0.39 is 29.0 Å². The van der Waals surface area contributed by atoms with Crippen LogP contribution in [0.25, 0.3) is 0 Å². The van der Waals surface area contributed by atoms with E-state index in [0.29, 0.717) is 24.6 Å². The van der Waals surface area contributed by atoms with Crippen molar-refractivity contribution in [2.45, 2.75) is 38.0 Å². The van der Waals surface area contributed by atoms with E-state index in [1.807, 2.05) is 6.92 Å². The molecule has 1 aliphatic rings. The smallest absolute Gasteiger partial charge is 0.348 e. The molecule has 116 valence electrons. The van der Waals surface area contributed by atoms with E-state index in [4.69, 9.17) is 0 Å². The minimum absolute atomic E-state index is 0.00319. The Morgan fingerprint density at radius 2 is 2.10 bits per heavy atom. The summed E-state index contributed by atoms with van der Waals surface area (Å²) in [6.45, 7) is 2.69. The molecule has 1 amide bonds. The highest BCUT2D eigenvalue weighted by Crippen LogP contribution is 2.30. The summed E-state index contributed by atoms with van der Waals surface area (Å²) in [4.78, 5) is 12.0. The molecule has 1 saturated heterocycles. The van der Waals surface area contributed by atoms with Crippen LogP contribution in [-0.4, -0.2) is 24.5 Å². The lowest BCUT2D eigenvalue weighted by molar-refractivity contribution is -0.137. The average molecular weight is 304 g/mol. The molecule has 3 nitrogen and oxygen atoms in total. The molecule has 21 heavy (non-hydrogen) atoms. The van der Waals surface area contributed by atoms with Crippen LogP contribution in [0.15, 0.2) is 18.2 Å². The highest BCUT2D eigenvalue weighted by atomic mass is 19.4. The summed E-state index contributed by atoms with van der Waals surface area (Å²) in [5.41, 5.74) is -1.62. The maximum Gasteiger partial charge on any atom is 0.416 e. The fourth-order valence-electron chi connectivity index (χ4n) is 2.36. The Morgan fingerprint density at radius 3 is 2.71 bits per heavy atom. The third kappa shape index (κ3) is 3.72. The van der Waals surface area contributed by atoms with E-state index in [1.165, 1.54) is 0 Å². The molecule has 0 bridgehead atoms. The largest absolute Gasteiger partial charge is 0.416 e. The first-order valence-corrected chi connectivity index (χ1v) is 6.70. The van der Waals surface area contributed by atoms with Crippen molar-refractivity contribution in [2.75, 3.05) is 6.54 Å². The third-order valence-electron chi connectivity index (χ3n) is 3.62. The number of halogens is 4. The van der Waals surface area contributed by atoms with Gasteiger partial charge in [0.1, 0.15) is 5.82 Å². The Balaban J connectivity index is 2.18. The standard InChI is InChI=1S/C14H16F4N2O/c1-8-12(3-2-6-19-8)20-13(21)10-7-9(14(16,17)18)4-5-11(10)15/h4-5,7-8,12,19H,2-3,6H2,1H3,(H,20,21)/t8-,12-/m0/s1. The van der Waals surface area contributed by atoms with Crippen molar-refractivity contribution in [3.8, 4) is 0 Å². The van der Waals surface area contributed by atoms with Crippen LogP contribution in [0.2, 0.25) is 0 Å². The summed E-state index contributed by atoms with van der Waals surface area (Å²) < 4.78 is 51.5. The third-order valence-corrected chi connectivity index (χ3v) is 3.62. The number of alkyl halides is 3. The summed E-state index contributed by atoms with van der Waals surface area (Å²) >= 11 is 0. The Bertz CT molecular complexity index is 530. The molecule has 1 fully saturated rings. The molecule has 0 aliphatic carbocycles. The molecule has 7 heteroatoms. The number of nitrogens with one attached hydrogen (secondary N) is 2. The average Bonchev–Trinajstić information content (AvgIpc) is 2.40. The molecule has 0 aromatic heterocycles. The second-order valence-electron chi connectivity index (χ2n) is 5.16. The van der Waals surface area contributed by atoms with Gasteiger partial charge >= 0.3 is 6.18 Å². The SMILES string of the molecule is C[C@@H]1NCCC[C@@H]1NC(=O)c1cc(C(F)(F)F)ccc1F.